The van der Waals surface area contributed by atoms with E-state index in [-0.39, 0.29) is 11.3 Å². The average molecular weight is 517 g/mol. The van der Waals surface area contributed by atoms with Gasteiger partial charge in [0.2, 0.25) is 0 Å². The first-order chi connectivity index (χ1) is 18.0. The van der Waals surface area contributed by atoms with Gasteiger partial charge in [0.15, 0.2) is 18.1 Å². The van der Waals surface area contributed by atoms with Crippen molar-refractivity contribution in [2.45, 2.75) is 12.5 Å². The molecule has 4 aromatic rings. The van der Waals surface area contributed by atoms with E-state index in [1.807, 2.05) is 53.9 Å². The number of carbonyl (C=O) groups is 2. The van der Waals surface area contributed by atoms with Gasteiger partial charge < -0.3 is 19.3 Å². The number of esters is 1. The molecule has 0 bridgehead atoms. The van der Waals surface area contributed by atoms with E-state index in [0.717, 1.165) is 26.9 Å². The molecule has 188 valence electrons. The Kier molecular flexibility index (Phi) is 6.78. The number of benzene rings is 3. The lowest BCUT2D eigenvalue weighted by Crippen LogP contribution is -2.31. The molecule has 1 atom stereocenters. The van der Waals surface area contributed by atoms with Gasteiger partial charge in [-0.2, -0.15) is 5.10 Å². The van der Waals surface area contributed by atoms with Crippen molar-refractivity contribution in [3.8, 4) is 17.2 Å². The van der Waals surface area contributed by atoms with Crippen LogP contribution < -0.4 is 9.47 Å². The topological polar surface area (TPSA) is 97.7 Å². The van der Waals surface area contributed by atoms with Crippen LogP contribution in [-0.4, -0.2) is 48.5 Å². The van der Waals surface area contributed by atoms with Crippen LogP contribution in [0.1, 0.15) is 33.3 Å². The molecule has 0 saturated heterocycles. The number of aromatic hydroxyl groups is 1. The number of hydrogen-bond donors (Lipinski definition) is 1. The van der Waals surface area contributed by atoms with E-state index in [2.05, 4.69) is 5.10 Å². The van der Waals surface area contributed by atoms with Crippen molar-refractivity contribution in [3.05, 3.63) is 88.1 Å². The van der Waals surface area contributed by atoms with Gasteiger partial charge in [-0.25, -0.2) is 9.80 Å². The summed E-state index contributed by atoms with van der Waals surface area (Å²) >= 11 is 1.54. The van der Waals surface area contributed by atoms with E-state index < -0.39 is 24.5 Å². The van der Waals surface area contributed by atoms with E-state index >= 15 is 0 Å². The molecule has 0 fully saturated rings. The van der Waals surface area contributed by atoms with E-state index in [0.29, 0.717) is 17.9 Å². The highest BCUT2D eigenvalue weighted by atomic mass is 32.1. The van der Waals surface area contributed by atoms with Crippen molar-refractivity contribution in [1.29, 1.82) is 0 Å². The minimum atomic E-state index is -0.791. The first-order valence-corrected chi connectivity index (χ1v) is 12.4. The molecule has 9 heteroatoms. The van der Waals surface area contributed by atoms with Crippen LogP contribution in [0.5, 0.6) is 17.2 Å². The van der Waals surface area contributed by atoms with Gasteiger partial charge in [-0.15, -0.1) is 11.3 Å². The number of rotatable bonds is 7. The number of ether oxygens (including phenoxy) is 3. The second-order valence-electron chi connectivity index (χ2n) is 8.39. The first kappa shape index (κ1) is 24.3. The Morgan fingerprint density at radius 3 is 2.46 bits per heavy atom. The Balaban J connectivity index is 1.38. The Morgan fingerprint density at radius 1 is 1.00 bits per heavy atom. The highest BCUT2D eigenvalue weighted by molar-refractivity contribution is 7.12. The fourth-order valence-corrected chi connectivity index (χ4v) is 5.04. The van der Waals surface area contributed by atoms with Gasteiger partial charge in [0.05, 0.1) is 30.9 Å². The number of methoxy groups -OCH3 is 2. The van der Waals surface area contributed by atoms with Crippen molar-refractivity contribution in [2.75, 3.05) is 20.8 Å². The maximum atomic E-state index is 13.3. The zero-order valence-electron chi connectivity index (χ0n) is 20.2. The Morgan fingerprint density at radius 2 is 1.76 bits per heavy atom. The monoisotopic (exact) mass is 516 g/mol. The summed E-state index contributed by atoms with van der Waals surface area (Å²) in [5, 5.41) is 19.8. The molecule has 8 nitrogen and oxygen atoms in total. The minimum absolute atomic E-state index is 0.00728. The Bertz CT molecular complexity index is 1500. The van der Waals surface area contributed by atoms with Crippen molar-refractivity contribution < 1.29 is 28.9 Å². The van der Waals surface area contributed by atoms with Crippen LogP contribution in [0, 0.1) is 0 Å². The molecular formula is C28H24N2O6S. The Hall–Kier alpha value is -4.37. The lowest BCUT2D eigenvalue weighted by molar-refractivity contribution is -0.136. The zero-order chi connectivity index (χ0) is 25.9. The van der Waals surface area contributed by atoms with Crippen molar-refractivity contribution in [3.63, 3.8) is 0 Å². The molecule has 0 aliphatic carbocycles. The fraction of sp³-hybridized carbons (Fsp3) is 0.179. The van der Waals surface area contributed by atoms with Crippen LogP contribution in [0.4, 0.5) is 0 Å². The number of amides is 1. The number of nitrogens with zero attached hydrogens (tertiary/aromatic N) is 2. The van der Waals surface area contributed by atoms with Gasteiger partial charge >= 0.3 is 5.97 Å². The largest absolute Gasteiger partial charge is 0.507 e. The predicted molar refractivity (Wildman–Crippen MR) is 141 cm³/mol. The third-order valence-corrected chi connectivity index (χ3v) is 7.09. The number of hydrogen-bond acceptors (Lipinski definition) is 8. The molecule has 2 heterocycles. The number of thiophene rings is 1. The van der Waals surface area contributed by atoms with Crippen molar-refractivity contribution in [1.82, 2.24) is 5.01 Å². The molecule has 5 rings (SSSR count). The van der Waals surface area contributed by atoms with Gasteiger partial charge in [-0.3, -0.25) is 4.79 Å². The molecule has 37 heavy (non-hydrogen) atoms. The van der Waals surface area contributed by atoms with Crippen LogP contribution in [0.2, 0.25) is 0 Å². The molecule has 1 aliphatic heterocycles. The third kappa shape index (κ3) is 4.85. The SMILES string of the molecule is COc1ccc([C@@H]2CC(c3cccs3)=NN2C(=O)COC(=O)c2cc3ccccc3cc2O)cc1OC. The molecule has 0 saturated carbocycles. The summed E-state index contributed by atoms with van der Waals surface area (Å²) in [5.74, 6) is -0.375. The van der Waals surface area contributed by atoms with Crippen LogP contribution in [0.3, 0.4) is 0 Å². The van der Waals surface area contributed by atoms with E-state index in [1.54, 1.807) is 26.4 Å². The average Bonchev–Trinajstić information content (AvgIpc) is 3.61. The van der Waals surface area contributed by atoms with Crippen LogP contribution >= 0.6 is 11.3 Å². The molecule has 1 amide bonds. The highest BCUT2D eigenvalue weighted by Gasteiger charge is 2.34. The second-order valence-corrected chi connectivity index (χ2v) is 9.34. The summed E-state index contributed by atoms with van der Waals surface area (Å²) in [6.07, 6.45) is 0.487. The van der Waals surface area contributed by atoms with Gasteiger partial charge in [0, 0.05) is 6.42 Å². The summed E-state index contributed by atoms with van der Waals surface area (Å²) in [5.41, 5.74) is 1.56. The molecule has 1 N–H and O–H groups in total. The van der Waals surface area contributed by atoms with Crippen molar-refractivity contribution in [2.24, 2.45) is 5.10 Å². The maximum absolute atomic E-state index is 13.3. The van der Waals surface area contributed by atoms with Gasteiger partial charge in [-0.05, 0) is 52.0 Å². The number of phenolic OH excluding ortho intramolecular Hbond substituents is 1. The van der Waals surface area contributed by atoms with Gasteiger partial charge in [0.1, 0.15) is 11.3 Å². The lowest BCUT2D eigenvalue weighted by Gasteiger charge is -2.23. The Labute approximate surface area is 217 Å². The molecule has 0 spiro atoms. The van der Waals surface area contributed by atoms with E-state index in [4.69, 9.17) is 14.2 Å². The number of phenols is 1. The van der Waals surface area contributed by atoms with Crippen LogP contribution in [0.25, 0.3) is 10.8 Å². The highest BCUT2D eigenvalue weighted by Crippen LogP contribution is 2.38. The molecule has 1 aliphatic rings. The molecular weight excluding hydrogens is 492 g/mol. The smallest absolute Gasteiger partial charge is 0.342 e. The minimum Gasteiger partial charge on any atom is -0.507 e. The van der Waals surface area contributed by atoms with Gasteiger partial charge in [-0.1, -0.05) is 36.4 Å². The first-order valence-electron chi connectivity index (χ1n) is 11.5. The normalized spacial score (nSPS) is 14.9. The third-order valence-electron chi connectivity index (χ3n) is 6.17. The second kappa shape index (κ2) is 10.3. The number of hydrazone groups is 1. The van der Waals surface area contributed by atoms with Crippen LogP contribution in [-0.2, 0) is 9.53 Å². The number of fused-ring (bicyclic) bond motifs is 1. The van der Waals surface area contributed by atoms with Crippen molar-refractivity contribution >= 4 is 39.7 Å². The summed E-state index contributed by atoms with van der Waals surface area (Å²) in [6.45, 7) is -0.532. The summed E-state index contributed by atoms with van der Waals surface area (Å²) in [6, 6.07) is 19.3. The standard InChI is InChI=1S/C28H24N2O6S/c1-34-24-10-9-19(14-25(24)35-2)22-15-21(26-8-5-11-37-26)29-30(22)27(32)16-36-28(33)20-12-17-6-3-4-7-18(17)13-23(20)31/h3-14,22,31H,15-16H2,1-2H3/t22-/m0/s1. The zero-order valence-corrected chi connectivity index (χ0v) is 21.0. The number of carbonyl (C=O) groups excluding carboxylic acids is 2. The maximum Gasteiger partial charge on any atom is 0.342 e. The predicted octanol–water partition coefficient (Wildman–Crippen LogP) is 5.16. The molecule has 3 aromatic carbocycles. The summed E-state index contributed by atoms with van der Waals surface area (Å²) in [4.78, 5) is 27.0. The van der Waals surface area contributed by atoms with Gasteiger partial charge in [0.25, 0.3) is 5.91 Å². The fourth-order valence-electron chi connectivity index (χ4n) is 4.31. The van der Waals surface area contributed by atoms with Crippen LogP contribution in [0.15, 0.2) is 77.2 Å². The quantitative estimate of drug-likeness (QED) is 0.341. The van der Waals surface area contributed by atoms with E-state index in [9.17, 15) is 14.7 Å². The summed E-state index contributed by atoms with van der Waals surface area (Å²) in [7, 11) is 3.11. The lowest BCUT2D eigenvalue weighted by atomic mass is 10.0. The molecule has 1 aromatic heterocycles. The molecule has 0 radical (unpaired) electrons. The van der Waals surface area contributed by atoms with E-state index in [1.165, 1.54) is 22.4 Å². The summed E-state index contributed by atoms with van der Waals surface area (Å²) < 4.78 is 16.1. The molecule has 0 unspecified atom stereocenters.